The van der Waals surface area contributed by atoms with Crippen LogP contribution in [-0.4, -0.2) is 22.7 Å². The summed E-state index contributed by atoms with van der Waals surface area (Å²) in [7, 11) is 0. The van der Waals surface area contributed by atoms with Crippen LogP contribution in [0.5, 0.6) is 5.75 Å². The third-order valence-corrected chi connectivity index (χ3v) is 2.39. The molecule has 2 N–H and O–H groups in total. The molecular weight excluding hydrogens is 206 g/mol. The summed E-state index contributed by atoms with van der Waals surface area (Å²) in [5, 5.41) is 10.2. The van der Waals surface area contributed by atoms with Gasteiger partial charge >= 0.3 is 5.97 Å². The second-order valence-corrected chi connectivity index (χ2v) is 3.53. The first kappa shape index (κ1) is 10.5. The molecule has 0 aliphatic heterocycles. The van der Waals surface area contributed by atoms with Crippen LogP contribution in [0.25, 0.3) is 10.9 Å². The quantitative estimate of drug-likeness (QED) is 0.776. The molecule has 4 nitrogen and oxygen atoms in total. The van der Waals surface area contributed by atoms with Crippen molar-refractivity contribution >= 4 is 16.9 Å². The number of rotatable bonds is 3. The molecule has 2 aromatic rings. The minimum atomic E-state index is -0.239. The van der Waals surface area contributed by atoms with Crippen molar-refractivity contribution in [2.75, 3.05) is 6.61 Å². The molecule has 0 atom stereocenters. The average Bonchev–Trinajstić information content (AvgIpc) is 2.61. The van der Waals surface area contributed by atoms with E-state index in [1.807, 2.05) is 0 Å². The molecule has 0 unspecified atom stereocenters. The number of carbonyl (C=O) groups excluding carboxylic acids is 1. The van der Waals surface area contributed by atoms with Crippen molar-refractivity contribution < 1.29 is 14.6 Å². The molecule has 0 saturated heterocycles. The van der Waals surface area contributed by atoms with Gasteiger partial charge in [-0.25, -0.2) is 0 Å². The zero-order valence-corrected chi connectivity index (χ0v) is 8.99. The first-order valence-electron chi connectivity index (χ1n) is 5.15. The second-order valence-electron chi connectivity index (χ2n) is 3.53. The lowest BCUT2D eigenvalue weighted by molar-refractivity contribution is -0.142. The van der Waals surface area contributed by atoms with Crippen molar-refractivity contribution in [3.05, 3.63) is 30.0 Å². The van der Waals surface area contributed by atoms with Crippen LogP contribution in [0.3, 0.4) is 0 Å². The number of aromatic hydroxyl groups is 1. The van der Waals surface area contributed by atoms with Crippen molar-refractivity contribution in [1.82, 2.24) is 4.98 Å². The number of hydrogen-bond donors (Lipinski definition) is 2. The Bertz CT molecular complexity index is 516. The molecule has 84 valence electrons. The lowest BCUT2D eigenvalue weighted by atomic mass is 10.1. The first-order valence-corrected chi connectivity index (χ1v) is 5.15. The average molecular weight is 219 g/mol. The SMILES string of the molecule is CCOC(=O)Cc1c[nH]c2cc(O)ccc12. The monoisotopic (exact) mass is 219 g/mol. The number of aromatic amines is 1. The Morgan fingerprint density at radius 3 is 3.06 bits per heavy atom. The van der Waals surface area contributed by atoms with E-state index in [1.165, 1.54) is 0 Å². The van der Waals surface area contributed by atoms with E-state index in [1.54, 1.807) is 31.3 Å². The molecular formula is C12H13NO3. The van der Waals surface area contributed by atoms with Crippen molar-refractivity contribution in [2.45, 2.75) is 13.3 Å². The highest BCUT2D eigenvalue weighted by atomic mass is 16.5. The fourth-order valence-electron chi connectivity index (χ4n) is 1.69. The Hall–Kier alpha value is -1.97. The van der Waals surface area contributed by atoms with Gasteiger partial charge in [-0.05, 0) is 24.6 Å². The number of fused-ring (bicyclic) bond motifs is 1. The van der Waals surface area contributed by atoms with E-state index in [2.05, 4.69) is 4.98 Å². The third kappa shape index (κ3) is 2.00. The van der Waals surface area contributed by atoms with E-state index in [-0.39, 0.29) is 18.1 Å². The fraction of sp³-hybridized carbons (Fsp3) is 0.250. The van der Waals surface area contributed by atoms with Gasteiger partial charge in [-0.1, -0.05) is 0 Å². The molecule has 4 heteroatoms. The predicted octanol–water partition coefficient (Wildman–Crippen LogP) is 1.98. The van der Waals surface area contributed by atoms with Crippen molar-refractivity contribution in [2.24, 2.45) is 0 Å². The van der Waals surface area contributed by atoms with E-state index < -0.39 is 0 Å². The predicted molar refractivity (Wildman–Crippen MR) is 60.3 cm³/mol. The molecule has 2 rings (SSSR count). The van der Waals surface area contributed by atoms with Crippen LogP contribution in [0.1, 0.15) is 12.5 Å². The highest BCUT2D eigenvalue weighted by Crippen LogP contribution is 2.22. The van der Waals surface area contributed by atoms with Crippen LogP contribution in [0.15, 0.2) is 24.4 Å². The van der Waals surface area contributed by atoms with Crippen molar-refractivity contribution in [3.8, 4) is 5.75 Å². The Kier molecular flexibility index (Phi) is 2.81. The van der Waals surface area contributed by atoms with Crippen LogP contribution >= 0.6 is 0 Å². The topological polar surface area (TPSA) is 62.3 Å². The van der Waals surface area contributed by atoms with Crippen LogP contribution in [0.4, 0.5) is 0 Å². The van der Waals surface area contributed by atoms with Crippen LogP contribution in [0.2, 0.25) is 0 Å². The van der Waals surface area contributed by atoms with Crippen molar-refractivity contribution in [1.29, 1.82) is 0 Å². The molecule has 0 aliphatic rings. The molecule has 0 saturated carbocycles. The van der Waals surface area contributed by atoms with Crippen LogP contribution in [-0.2, 0) is 16.0 Å². The van der Waals surface area contributed by atoms with Gasteiger partial charge in [-0.15, -0.1) is 0 Å². The summed E-state index contributed by atoms with van der Waals surface area (Å²) in [6, 6.07) is 5.02. The highest BCUT2D eigenvalue weighted by Gasteiger charge is 2.09. The van der Waals surface area contributed by atoms with Gasteiger partial charge in [0, 0.05) is 23.2 Å². The Labute approximate surface area is 92.9 Å². The molecule has 16 heavy (non-hydrogen) atoms. The minimum absolute atomic E-state index is 0.206. The number of esters is 1. The Balaban J connectivity index is 2.28. The maximum Gasteiger partial charge on any atom is 0.310 e. The highest BCUT2D eigenvalue weighted by molar-refractivity contribution is 5.88. The largest absolute Gasteiger partial charge is 0.508 e. The van der Waals surface area contributed by atoms with Gasteiger partial charge < -0.3 is 14.8 Å². The number of phenols is 1. The zero-order chi connectivity index (χ0) is 11.5. The van der Waals surface area contributed by atoms with E-state index in [0.717, 1.165) is 16.5 Å². The number of ether oxygens (including phenoxy) is 1. The summed E-state index contributed by atoms with van der Waals surface area (Å²) in [6.07, 6.45) is 2.01. The Morgan fingerprint density at radius 1 is 1.50 bits per heavy atom. The standard InChI is InChI=1S/C12H13NO3/c1-2-16-12(15)5-8-7-13-11-6-9(14)3-4-10(8)11/h3-4,6-7,13-14H,2,5H2,1H3. The van der Waals surface area contributed by atoms with E-state index in [0.29, 0.717) is 6.61 Å². The third-order valence-electron chi connectivity index (χ3n) is 2.39. The lowest BCUT2D eigenvalue weighted by Crippen LogP contribution is -2.06. The van der Waals surface area contributed by atoms with Gasteiger partial charge in [0.05, 0.1) is 13.0 Å². The van der Waals surface area contributed by atoms with Gasteiger partial charge in [0.1, 0.15) is 5.75 Å². The zero-order valence-electron chi connectivity index (χ0n) is 8.99. The summed E-state index contributed by atoms with van der Waals surface area (Å²) >= 11 is 0. The van der Waals surface area contributed by atoms with Gasteiger partial charge in [0.2, 0.25) is 0 Å². The summed E-state index contributed by atoms with van der Waals surface area (Å²) in [4.78, 5) is 14.3. The number of nitrogens with one attached hydrogen (secondary N) is 1. The number of hydrogen-bond acceptors (Lipinski definition) is 3. The van der Waals surface area contributed by atoms with Gasteiger partial charge in [-0.3, -0.25) is 4.79 Å². The van der Waals surface area contributed by atoms with Crippen molar-refractivity contribution in [3.63, 3.8) is 0 Å². The number of aromatic nitrogens is 1. The Morgan fingerprint density at radius 2 is 2.31 bits per heavy atom. The van der Waals surface area contributed by atoms with Gasteiger partial charge in [0.25, 0.3) is 0 Å². The normalized spacial score (nSPS) is 10.6. The first-order chi connectivity index (χ1) is 7.70. The van der Waals surface area contributed by atoms with E-state index in [9.17, 15) is 9.90 Å². The smallest absolute Gasteiger partial charge is 0.310 e. The maximum atomic E-state index is 11.3. The summed E-state index contributed by atoms with van der Waals surface area (Å²) in [6.45, 7) is 2.17. The minimum Gasteiger partial charge on any atom is -0.508 e. The fourth-order valence-corrected chi connectivity index (χ4v) is 1.69. The summed E-state index contributed by atoms with van der Waals surface area (Å²) in [5.41, 5.74) is 1.70. The molecule has 0 spiro atoms. The van der Waals surface area contributed by atoms with E-state index >= 15 is 0 Å². The lowest BCUT2D eigenvalue weighted by Gasteiger charge is -2.00. The van der Waals surface area contributed by atoms with Crippen LogP contribution in [0, 0.1) is 0 Å². The number of phenolic OH excluding ortho intramolecular Hbond substituents is 1. The summed E-state index contributed by atoms with van der Waals surface area (Å²) in [5.74, 6) is -0.0338. The molecule has 0 amide bonds. The number of benzene rings is 1. The molecule has 0 bridgehead atoms. The molecule has 1 aromatic carbocycles. The molecule has 0 fully saturated rings. The molecule has 1 heterocycles. The van der Waals surface area contributed by atoms with Gasteiger partial charge in [-0.2, -0.15) is 0 Å². The van der Waals surface area contributed by atoms with E-state index in [4.69, 9.17) is 4.74 Å². The second kappa shape index (κ2) is 4.26. The van der Waals surface area contributed by atoms with Gasteiger partial charge in [0.15, 0.2) is 0 Å². The number of H-pyrrole nitrogens is 1. The maximum absolute atomic E-state index is 11.3. The summed E-state index contributed by atoms with van der Waals surface area (Å²) < 4.78 is 4.89. The van der Waals surface area contributed by atoms with Crippen LogP contribution < -0.4 is 0 Å². The molecule has 0 aliphatic carbocycles. The number of carbonyl (C=O) groups is 1. The molecule has 0 radical (unpaired) electrons. The molecule has 1 aromatic heterocycles.